The third-order valence-corrected chi connectivity index (χ3v) is 12.3. The van der Waals surface area contributed by atoms with E-state index in [2.05, 4.69) is 83.9 Å². The van der Waals surface area contributed by atoms with Crippen LogP contribution in [-0.4, -0.2) is 5.78 Å². The zero-order valence-corrected chi connectivity index (χ0v) is 33.4. The molecule has 0 aromatic heterocycles. The van der Waals surface area contributed by atoms with E-state index in [9.17, 15) is 4.79 Å². The van der Waals surface area contributed by atoms with Crippen LogP contribution in [-0.2, 0) is 4.79 Å². The summed E-state index contributed by atoms with van der Waals surface area (Å²) in [4.78, 5) is 10.1. The Morgan fingerprint density at radius 2 is 1.36 bits per heavy atom. The molecule has 47 heavy (non-hydrogen) atoms. The largest absolute Gasteiger partial charge is 0.295 e. The Balaban J connectivity index is 0.00000141. The van der Waals surface area contributed by atoms with Gasteiger partial charge in [-0.1, -0.05) is 144 Å². The molecule has 0 aromatic carbocycles. The summed E-state index contributed by atoms with van der Waals surface area (Å²) < 4.78 is 0. The number of rotatable bonds is 9. The molecule has 1 nitrogen and oxygen atoms in total. The second kappa shape index (κ2) is 22.5. The van der Waals surface area contributed by atoms with Gasteiger partial charge in [-0.15, -0.1) is 0 Å². The van der Waals surface area contributed by atoms with Gasteiger partial charge in [0.25, 0.3) is 0 Å². The summed E-state index contributed by atoms with van der Waals surface area (Å²) in [7, 11) is 0. The monoisotopic (exact) mass is 647 g/mol. The third-order valence-electron chi connectivity index (χ3n) is 12.3. The summed E-state index contributed by atoms with van der Waals surface area (Å²) in [6, 6.07) is 0. The zero-order valence-electron chi connectivity index (χ0n) is 33.4. The first kappa shape index (κ1) is 44.9. The van der Waals surface area contributed by atoms with Crippen LogP contribution in [0.3, 0.4) is 0 Å². The normalized spacial score (nSPS) is 34.3. The minimum atomic E-state index is 0.0120. The smallest absolute Gasteiger partial charge is 0.152 e. The lowest BCUT2D eigenvalue weighted by molar-refractivity contribution is -0.122. The number of carbonyl (C=O) groups is 1. The van der Waals surface area contributed by atoms with E-state index in [1.54, 1.807) is 13.0 Å². The van der Waals surface area contributed by atoms with Crippen molar-refractivity contribution in [2.45, 2.75) is 154 Å². The summed E-state index contributed by atoms with van der Waals surface area (Å²) in [5, 5.41) is 0. The fourth-order valence-electron chi connectivity index (χ4n) is 10.2. The topological polar surface area (TPSA) is 17.1 Å². The first-order chi connectivity index (χ1) is 22.6. The highest BCUT2D eigenvalue weighted by molar-refractivity contribution is 5.87. The number of carbonyl (C=O) groups excluding carboxylic acids is 1. The van der Waals surface area contributed by atoms with Gasteiger partial charge in [0, 0.05) is 5.41 Å². The van der Waals surface area contributed by atoms with Crippen molar-refractivity contribution in [3.05, 3.63) is 85.6 Å². The molecule has 0 spiro atoms. The van der Waals surface area contributed by atoms with Gasteiger partial charge >= 0.3 is 0 Å². The molecular formula is C46H78O. The standard InChI is InChI=1S/C34H50.C6H10O.3C2H6/c1-8-13-15-27(12-5)34(26(11-4)14-9-2)23-22-33(7)28(24-34)16-18-29-30-19-17-25(10-3)32(30,6)21-20-31(29)33;1-3-4-5-6(2)7;3*1-2/h8-9,11-15,25,28-31H,2,4-5,10,16-24H2,1,3,6-7H3;4-5H,3H2,1-2H3;3*1-2H3/b13-8-,26-14+,27-15+;5-4+;;;. The van der Waals surface area contributed by atoms with Crippen molar-refractivity contribution in [2.24, 2.45) is 45.8 Å². The zero-order chi connectivity index (χ0) is 36.3. The van der Waals surface area contributed by atoms with Crippen molar-refractivity contribution in [1.82, 2.24) is 0 Å². The highest BCUT2D eigenvalue weighted by atomic mass is 16.1. The molecule has 0 aromatic rings. The summed E-state index contributed by atoms with van der Waals surface area (Å²) in [6.45, 7) is 38.0. The maximum absolute atomic E-state index is 10.1. The maximum atomic E-state index is 10.1. The number of fused-ring (bicyclic) bond motifs is 5. The van der Waals surface area contributed by atoms with Gasteiger partial charge in [0.05, 0.1) is 0 Å². The summed E-state index contributed by atoms with van der Waals surface area (Å²) >= 11 is 0. The SMILES string of the molecule is C=C/C=C(\C=C)C1(/C(C=C)=C/C=C\C)CCC2(C)C(CCC3C4CCC(CC)C4(C)CCC32)C1.CC.CC.CC.CC/C=C/C(C)=O. The van der Waals surface area contributed by atoms with Crippen molar-refractivity contribution >= 4 is 5.78 Å². The molecular weight excluding hydrogens is 569 g/mol. The molecule has 8 unspecified atom stereocenters. The van der Waals surface area contributed by atoms with Crippen LogP contribution < -0.4 is 0 Å². The fourth-order valence-corrected chi connectivity index (χ4v) is 10.2. The van der Waals surface area contributed by atoms with E-state index >= 15 is 0 Å². The molecule has 0 heterocycles. The molecule has 4 saturated carbocycles. The molecule has 1 heteroatoms. The van der Waals surface area contributed by atoms with E-state index in [0.717, 1.165) is 36.0 Å². The summed E-state index contributed by atoms with van der Waals surface area (Å²) in [5.74, 6) is 4.72. The Kier molecular flexibility index (Phi) is 21.4. The minimum absolute atomic E-state index is 0.0120. The van der Waals surface area contributed by atoms with E-state index in [1.807, 2.05) is 60.6 Å². The average molecular weight is 647 g/mol. The molecule has 0 bridgehead atoms. The summed E-state index contributed by atoms with van der Waals surface area (Å²) in [6.07, 6.45) is 33.3. The summed E-state index contributed by atoms with van der Waals surface area (Å²) in [5.41, 5.74) is 3.80. The number of allylic oxidation sites excluding steroid dienone is 11. The van der Waals surface area contributed by atoms with Gasteiger partial charge in [0.15, 0.2) is 5.78 Å². The van der Waals surface area contributed by atoms with Crippen LogP contribution in [0.25, 0.3) is 0 Å². The van der Waals surface area contributed by atoms with Crippen molar-refractivity contribution < 1.29 is 4.79 Å². The van der Waals surface area contributed by atoms with Crippen molar-refractivity contribution in [3.8, 4) is 0 Å². The maximum Gasteiger partial charge on any atom is 0.152 e. The average Bonchev–Trinajstić information content (AvgIpc) is 3.45. The molecule has 4 fully saturated rings. The highest BCUT2D eigenvalue weighted by Gasteiger charge is 2.61. The lowest BCUT2D eigenvalue weighted by Gasteiger charge is -2.63. The van der Waals surface area contributed by atoms with E-state index in [0.29, 0.717) is 10.8 Å². The number of hydrogen-bond donors (Lipinski definition) is 0. The Morgan fingerprint density at radius 1 is 0.766 bits per heavy atom. The van der Waals surface area contributed by atoms with Crippen molar-refractivity contribution in [2.75, 3.05) is 0 Å². The van der Waals surface area contributed by atoms with Crippen LogP contribution in [0.2, 0.25) is 0 Å². The van der Waals surface area contributed by atoms with Crippen molar-refractivity contribution in [3.63, 3.8) is 0 Å². The van der Waals surface area contributed by atoms with Crippen LogP contribution in [0.15, 0.2) is 85.6 Å². The molecule has 4 aliphatic carbocycles. The van der Waals surface area contributed by atoms with Gasteiger partial charge in [0.1, 0.15) is 0 Å². The second-order valence-electron chi connectivity index (χ2n) is 14.0. The van der Waals surface area contributed by atoms with E-state index in [1.165, 1.54) is 75.4 Å². The lowest BCUT2D eigenvalue weighted by atomic mass is 9.42. The van der Waals surface area contributed by atoms with Crippen LogP contribution in [0.1, 0.15) is 154 Å². The first-order valence-corrected chi connectivity index (χ1v) is 19.7. The van der Waals surface area contributed by atoms with E-state index < -0.39 is 0 Å². The van der Waals surface area contributed by atoms with Crippen LogP contribution in [0, 0.1) is 45.8 Å². The molecule has 268 valence electrons. The van der Waals surface area contributed by atoms with Gasteiger partial charge in [-0.2, -0.15) is 0 Å². The molecule has 0 saturated heterocycles. The third kappa shape index (κ3) is 10.2. The number of ketones is 1. The molecule has 0 radical (unpaired) electrons. The van der Waals surface area contributed by atoms with Gasteiger partial charge in [-0.05, 0) is 136 Å². The number of hydrogen-bond acceptors (Lipinski definition) is 1. The Labute approximate surface area is 294 Å². The molecule has 0 aliphatic heterocycles. The molecule has 4 aliphatic rings. The minimum Gasteiger partial charge on any atom is -0.295 e. The fraction of sp³-hybridized carbons (Fsp3) is 0.674. The highest BCUT2D eigenvalue weighted by Crippen LogP contribution is 2.70. The van der Waals surface area contributed by atoms with Gasteiger partial charge in [-0.3, -0.25) is 4.79 Å². The Bertz CT molecular complexity index is 1070. The van der Waals surface area contributed by atoms with E-state index in [-0.39, 0.29) is 11.2 Å². The van der Waals surface area contributed by atoms with Gasteiger partial charge < -0.3 is 0 Å². The Morgan fingerprint density at radius 3 is 1.85 bits per heavy atom. The van der Waals surface area contributed by atoms with Gasteiger partial charge in [-0.25, -0.2) is 0 Å². The first-order valence-electron chi connectivity index (χ1n) is 19.7. The van der Waals surface area contributed by atoms with Crippen LogP contribution in [0.5, 0.6) is 0 Å². The molecule has 0 N–H and O–H groups in total. The van der Waals surface area contributed by atoms with Crippen LogP contribution in [0.4, 0.5) is 0 Å². The predicted octanol–water partition coefficient (Wildman–Crippen LogP) is 14.6. The van der Waals surface area contributed by atoms with Crippen LogP contribution >= 0.6 is 0 Å². The molecule has 0 amide bonds. The molecule has 8 atom stereocenters. The van der Waals surface area contributed by atoms with Gasteiger partial charge in [0.2, 0.25) is 0 Å². The second-order valence-corrected chi connectivity index (χ2v) is 14.0. The molecule has 4 rings (SSSR count). The van der Waals surface area contributed by atoms with E-state index in [4.69, 9.17) is 0 Å². The quantitative estimate of drug-likeness (QED) is 0.180. The van der Waals surface area contributed by atoms with Crippen molar-refractivity contribution in [1.29, 1.82) is 0 Å². The lowest BCUT2D eigenvalue weighted by Crippen LogP contribution is -2.55. The predicted molar refractivity (Wildman–Crippen MR) is 214 cm³/mol. The Hall–Kier alpha value is -2.15.